The normalized spacial score (nSPS) is 10.8. The van der Waals surface area contributed by atoms with Gasteiger partial charge < -0.3 is 9.30 Å². The van der Waals surface area contributed by atoms with Crippen molar-refractivity contribution in [1.82, 2.24) is 9.55 Å². The molecule has 3 aromatic rings. The monoisotopic (exact) mass is 298 g/mol. The van der Waals surface area contributed by atoms with E-state index in [9.17, 15) is 4.79 Å². The minimum Gasteiger partial charge on any atom is -0.497 e. The number of thioether (sulfide) groups is 1. The number of hydrogen-bond acceptors (Lipinski definition) is 4. The zero-order valence-electron chi connectivity index (χ0n) is 11.7. The summed E-state index contributed by atoms with van der Waals surface area (Å²) in [5.41, 5.74) is 2.51. The van der Waals surface area contributed by atoms with E-state index in [-0.39, 0.29) is 5.12 Å². The van der Waals surface area contributed by atoms with Gasteiger partial charge in [0.05, 0.1) is 18.1 Å². The predicted molar refractivity (Wildman–Crippen MR) is 83.9 cm³/mol. The first-order valence-corrected chi connectivity index (χ1v) is 7.28. The number of para-hydroxylation sites is 2. The number of aryl methyl sites for hydroxylation is 1. The molecule has 0 fully saturated rings. The number of hydrogen-bond donors (Lipinski definition) is 0. The van der Waals surface area contributed by atoms with E-state index < -0.39 is 0 Å². The van der Waals surface area contributed by atoms with E-state index in [0.29, 0.717) is 16.5 Å². The Balaban J connectivity index is 1.90. The van der Waals surface area contributed by atoms with E-state index >= 15 is 0 Å². The molecule has 3 rings (SSSR count). The minimum absolute atomic E-state index is 0.0488. The largest absolute Gasteiger partial charge is 0.497 e. The summed E-state index contributed by atoms with van der Waals surface area (Å²) in [7, 11) is 3.50. The molecule has 0 amide bonds. The van der Waals surface area contributed by atoms with Crippen LogP contribution in [-0.2, 0) is 7.05 Å². The first-order valence-electron chi connectivity index (χ1n) is 6.47. The van der Waals surface area contributed by atoms with E-state index in [1.54, 1.807) is 19.2 Å². The number of carbonyl (C=O) groups excluding carboxylic acids is 1. The van der Waals surface area contributed by atoms with Crippen molar-refractivity contribution in [2.24, 2.45) is 7.05 Å². The van der Waals surface area contributed by atoms with Crippen molar-refractivity contribution in [3.8, 4) is 5.75 Å². The van der Waals surface area contributed by atoms with Gasteiger partial charge >= 0.3 is 0 Å². The molecule has 1 heterocycles. The van der Waals surface area contributed by atoms with Crippen molar-refractivity contribution in [2.75, 3.05) is 7.11 Å². The maximum Gasteiger partial charge on any atom is 0.227 e. The summed E-state index contributed by atoms with van der Waals surface area (Å²) in [4.78, 5) is 16.9. The first-order chi connectivity index (χ1) is 10.2. The Morgan fingerprint density at radius 2 is 2.00 bits per heavy atom. The summed E-state index contributed by atoms with van der Waals surface area (Å²) in [6.07, 6.45) is 0. The van der Waals surface area contributed by atoms with Gasteiger partial charge in [0.2, 0.25) is 5.12 Å². The summed E-state index contributed by atoms with van der Waals surface area (Å²) in [5, 5.41) is 0.635. The third-order valence-corrected chi connectivity index (χ3v) is 4.20. The van der Waals surface area contributed by atoms with Crippen molar-refractivity contribution in [2.45, 2.75) is 5.16 Å². The van der Waals surface area contributed by atoms with E-state index in [1.165, 1.54) is 0 Å². The van der Waals surface area contributed by atoms with Crippen LogP contribution >= 0.6 is 11.8 Å². The fraction of sp³-hybridized carbons (Fsp3) is 0.125. The van der Waals surface area contributed by atoms with Gasteiger partial charge in [-0.1, -0.05) is 24.3 Å². The number of ether oxygens (including phenoxy) is 1. The quantitative estimate of drug-likeness (QED) is 0.694. The molecule has 0 radical (unpaired) electrons. The fourth-order valence-electron chi connectivity index (χ4n) is 2.11. The Hall–Kier alpha value is -2.27. The topological polar surface area (TPSA) is 44.1 Å². The van der Waals surface area contributed by atoms with Crippen LogP contribution in [0.1, 0.15) is 10.4 Å². The number of rotatable bonds is 3. The highest BCUT2D eigenvalue weighted by atomic mass is 32.2. The molecule has 0 spiro atoms. The van der Waals surface area contributed by atoms with Gasteiger partial charge in [-0.3, -0.25) is 4.79 Å². The number of carbonyl (C=O) groups is 1. The van der Waals surface area contributed by atoms with Crippen molar-refractivity contribution in [3.05, 3.63) is 54.1 Å². The smallest absolute Gasteiger partial charge is 0.227 e. The number of aromatic nitrogens is 2. The van der Waals surface area contributed by atoms with Gasteiger partial charge in [-0.2, -0.15) is 0 Å². The molecule has 0 N–H and O–H groups in total. The van der Waals surface area contributed by atoms with E-state index in [0.717, 1.165) is 22.8 Å². The Morgan fingerprint density at radius 1 is 1.19 bits per heavy atom. The fourth-order valence-corrected chi connectivity index (χ4v) is 2.90. The lowest BCUT2D eigenvalue weighted by molar-refractivity contribution is 0.108. The molecule has 21 heavy (non-hydrogen) atoms. The van der Waals surface area contributed by atoms with Crippen molar-refractivity contribution >= 4 is 27.9 Å². The Bertz CT molecular complexity index is 811. The van der Waals surface area contributed by atoms with Crippen LogP contribution in [0.2, 0.25) is 0 Å². The molecule has 5 heteroatoms. The highest BCUT2D eigenvalue weighted by Crippen LogP contribution is 2.26. The zero-order chi connectivity index (χ0) is 14.8. The third kappa shape index (κ3) is 2.64. The number of imidazole rings is 1. The lowest BCUT2D eigenvalue weighted by atomic mass is 10.2. The Kier molecular flexibility index (Phi) is 3.66. The van der Waals surface area contributed by atoms with Gasteiger partial charge in [0.15, 0.2) is 5.16 Å². The number of nitrogens with zero attached hydrogens (tertiary/aromatic N) is 2. The summed E-state index contributed by atoms with van der Waals surface area (Å²) in [5.74, 6) is 0.673. The van der Waals surface area contributed by atoms with Crippen LogP contribution in [0.15, 0.2) is 53.7 Å². The van der Waals surface area contributed by atoms with Crippen molar-refractivity contribution < 1.29 is 9.53 Å². The minimum atomic E-state index is -0.0488. The van der Waals surface area contributed by atoms with Crippen LogP contribution < -0.4 is 4.74 Å². The average Bonchev–Trinajstić information content (AvgIpc) is 2.84. The number of fused-ring (bicyclic) bond motifs is 1. The molecule has 106 valence electrons. The summed E-state index contributed by atoms with van der Waals surface area (Å²) in [6.45, 7) is 0. The zero-order valence-corrected chi connectivity index (χ0v) is 12.6. The molecule has 0 atom stereocenters. The molecule has 0 aliphatic carbocycles. The second kappa shape index (κ2) is 5.61. The Morgan fingerprint density at radius 3 is 2.76 bits per heavy atom. The van der Waals surface area contributed by atoms with Gasteiger partial charge in [-0.15, -0.1) is 0 Å². The molecular formula is C16H14N2O2S. The summed E-state index contributed by atoms with van der Waals surface area (Å²) >= 11 is 1.13. The maximum absolute atomic E-state index is 12.4. The molecule has 4 nitrogen and oxygen atoms in total. The second-order valence-electron chi connectivity index (χ2n) is 4.56. The maximum atomic E-state index is 12.4. The van der Waals surface area contributed by atoms with Crippen LogP contribution in [0, 0.1) is 0 Å². The molecule has 0 aliphatic rings. The number of benzene rings is 2. The average molecular weight is 298 g/mol. The van der Waals surface area contributed by atoms with E-state index in [2.05, 4.69) is 4.98 Å². The number of methoxy groups -OCH3 is 1. The second-order valence-corrected chi connectivity index (χ2v) is 5.50. The highest BCUT2D eigenvalue weighted by Gasteiger charge is 2.14. The first kappa shape index (κ1) is 13.7. The van der Waals surface area contributed by atoms with Crippen molar-refractivity contribution in [1.29, 1.82) is 0 Å². The van der Waals surface area contributed by atoms with Gasteiger partial charge in [-0.05, 0) is 36.0 Å². The molecule has 0 bridgehead atoms. The van der Waals surface area contributed by atoms with Crippen LogP contribution in [0.25, 0.3) is 11.0 Å². The van der Waals surface area contributed by atoms with Crippen LogP contribution in [0.4, 0.5) is 0 Å². The lowest BCUT2D eigenvalue weighted by Gasteiger charge is -2.04. The molecular weight excluding hydrogens is 284 g/mol. The van der Waals surface area contributed by atoms with Crippen LogP contribution in [-0.4, -0.2) is 21.8 Å². The predicted octanol–water partition coefficient (Wildman–Crippen LogP) is 3.51. The lowest BCUT2D eigenvalue weighted by Crippen LogP contribution is -1.98. The van der Waals surface area contributed by atoms with Gasteiger partial charge in [0.1, 0.15) is 5.75 Å². The molecule has 0 aliphatic heterocycles. The molecule has 1 aromatic heterocycles. The Labute approximate surface area is 126 Å². The van der Waals surface area contributed by atoms with Crippen LogP contribution in [0.5, 0.6) is 5.75 Å². The SMILES string of the molecule is COc1cccc(C(=O)Sc2nc3ccccc3n2C)c1. The standard InChI is InChI=1S/C16H14N2O2S/c1-18-14-9-4-3-8-13(14)17-16(18)21-15(19)11-6-5-7-12(10-11)20-2/h3-10H,1-2H3. The highest BCUT2D eigenvalue weighted by molar-refractivity contribution is 8.14. The third-order valence-electron chi connectivity index (χ3n) is 3.24. The molecule has 2 aromatic carbocycles. The van der Waals surface area contributed by atoms with Gasteiger partial charge in [0, 0.05) is 12.6 Å². The molecule has 0 saturated heterocycles. The van der Waals surface area contributed by atoms with Gasteiger partial charge in [0.25, 0.3) is 0 Å². The van der Waals surface area contributed by atoms with Gasteiger partial charge in [-0.25, -0.2) is 4.98 Å². The summed E-state index contributed by atoms with van der Waals surface area (Å²) in [6, 6.07) is 15.0. The van der Waals surface area contributed by atoms with Crippen LogP contribution in [0.3, 0.4) is 0 Å². The molecule has 0 saturated carbocycles. The van der Waals surface area contributed by atoms with E-state index in [1.807, 2.05) is 48.0 Å². The van der Waals surface area contributed by atoms with Crippen molar-refractivity contribution in [3.63, 3.8) is 0 Å². The van der Waals surface area contributed by atoms with E-state index in [4.69, 9.17) is 4.74 Å². The summed E-state index contributed by atoms with van der Waals surface area (Å²) < 4.78 is 7.07. The molecule has 0 unspecified atom stereocenters.